The first kappa shape index (κ1) is 13.1. The first-order valence-corrected chi connectivity index (χ1v) is 6.92. The number of nitrogens with zero attached hydrogens (tertiary/aromatic N) is 2. The van der Waals surface area contributed by atoms with E-state index in [0.717, 1.165) is 18.8 Å². The molecular formula is C14H23N3O. The molecule has 4 nitrogen and oxygen atoms in total. The highest BCUT2D eigenvalue weighted by atomic mass is 16.1. The molecule has 18 heavy (non-hydrogen) atoms. The molecule has 0 amide bonds. The fourth-order valence-corrected chi connectivity index (χ4v) is 2.49. The highest BCUT2D eigenvalue weighted by Crippen LogP contribution is 2.15. The van der Waals surface area contributed by atoms with Gasteiger partial charge in [0.1, 0.15) is 0 Å². The summed E-state index contributed by atoms with van der Waals surface area (Å²) in [5, 5.41) is 3.54. The van der Waals surface area contributed by atoms with Crippen LogP contribution in [0.4, 0.5) is 5.69 Å². The van der Waals surface area contributed by atoms with Crippen LogP contribution in [0.25, 0.3) is 0 Å². The molecule has 0 aromatic carbocycles. The monoisotopic (exact) mass is 249 g/mol. The van der Waals surface area contributed by atoms with Gasteiger partial charge >= 0.3 is 0 Å². The number of hydrogen-bond acceptors (Lipinski definition) is 3. The zero-order chi connectivity index (χ0) is 13.0. The third-order valence-electron chi connectivity index (χ3n) is 3.73. The van der Waals surface area contributed by atoms with Gasteiger partial charge in [-0.25, -0.2) is 0 Å². The first-order chi connectivity index (χ1) is 8.72. The SMILES string of the molecule is CCN1CCC(Nc2ccc(=O)n(CC)c2)CC1. The molecule has 0 spiro atoms. The molecule has 0 saturated carbocycles. The molecule has 2 heterocycles. The Morgan fingerprint density at radius 1 is 1.22 bits per heavy atom. The highest BCUT2D eigenvalue weighted by Gasteiger charge is 2.17. The van der Waals surface area contributed by atoms with Gasteiger partial charge in [-0.15, -0.1) is 0 Å². The fourth-order valence-electron chi connectivity index (χ4n) is 2.49. The maximum Gasteiger partial charge on any atom is 0.250 e. The molecule has 1 N–H and O–H groups in total. The summed E-state index contributed by atoms with van der Waals surface area (Å²) >= 11 is 0. The van der Waals surface area contributed by atoms with Gasteiger partial charge < -0.3 is 14.8 Å². The van der Waals surface area contributed by atoms with Crippen LogP contribution >= 0.6 is 0 Å². The number of nitrogens with one attached hydrogen (secondary N) is 1. The van der Waals surface area contributed by atoms with Crippen molar-refractivity contribution >= 4 is 5.69 Å². The van der Waals surface area contributed by atoms with E-state index in [1.165, 1.54) is 25.9 Å². The van der Waals surface area contributed by atoms with E-state index in [9.17, 15) is 4.79 Å². The quantitative estimate of drug-likeness (QED) is 0.883. The van der Waals surface area contributed by atoms with Crippen molar-refractivity contribution in [1.82, 2.24) is 9.47 Å². The Morgan fingerprint density at radius 3 is 2.56 bits per heavy atom. The van der Waals surface area contributed by atoms with Crippen molar-refractivity contribution < 1.29 is 0 Å². The zero-order valence-corrected chi connectivity index (χ0v) is 11.4. The van der Waals surface area contributed by atoms with E-state index >= 15 is 0 Å². The molecule has 0 aliphatic carbocycles. The maximum atomic E-state index is 11.5. The zero-order valence-electron chi connectivity index (χ0n) is 11.4. The molecule has 0 radical (unpaired) electrons. The van der Waals surface area contributed by atoms with Crippen LogP contribution in [-0.4, -0.2) is 35.1 Å². The van der Waals surface area contributed by atoms with E-state index in [2.05, 4.69) is 17.1 Å². The van der Waals surface area contributed by atoms with Crippen LogP contribution < -0.4 is 10.9 Å². The highest BCUT2D eigenvalue weighted by molar-refractivity contribution is 5.41. The molecule has 4 heteroatoms. The minimum absolute atomic E-state index is 0.0730. The summed E-state index contributed by atoms with van der Waals surface area (Å²) in [4.78, 5) is 14.0. The van der Waals surface area contributed by atoms with Crippen molar-refractivity contribution in [2.75, 3.05) is 25.0 Å². The van der Waals surface area contributed by atoms with Crippen LogP contribution in [0.1, 0.15) is 26.7 Å². The molecule has 0 unspecified atom stereocenters. The molecule has 1 aromatic rings. The van der Waals surface area contributed by atoms with Crippen molar-refractivity contribution in [1.29, 1.82) is 0 Å². The van der Waals surface area contributed by atoms with Gasteiger partial charge in [0.2, 0.25) is 0 Å². The molecular weight excluding hydrogens is 226 g/mol. The molecule has 0 bridgehead atoms. The van der Waals surface area contributed by atoms with Crippen molar-refractivity contribution in [2.45, 2.75) is 39.3 Å². The standard InChI is InChI=1S/C14H23N3O/c1-3-16-9-7-12(8-10-16)15-13-5-6-14(18)17(4-2)11-13/h5-6,11-12,15H,3-4,7-10H2,1-2H3. The van der Waals surface area contributed by atoms with Crippen LogP contribution in [-0.2, 0) is 6.54 Å². The van der Waals surface area contributed by atoms with Crippen LogP contribution in [0.3, 0.4) is 0 Å². The predicted molar refractivity (Wildman–Crippen MR) is 75.1 cm³/mol. The molecule has 0 atom stereocenters. The van der Waals surface area contributed by atoms with E-state index in [1.54, 1.807) is 10.6 Å². The van der Waals surface area contributed by atoms with E-state index in [4.69, 9.17) is 0 Å². The fraction of sp³-hybridized carbons (Fsp3) is 0.643. The number of piperidine rings is 1. The van der Waals surface area contributed by atoms with Crippen LogP contribution in [0.15, 0.2) is 23.1 Å². The van der Waals surface area contributed by atoms with E-state index in [1.807, 2.05) is 19.2 Å². The van der Waals surface area contributed by atoms with Gasteiger partial charge in [-0.3, -0.25) is 4.79 Å². The lowest BCUT2D eigenvalue weighted by molar-refractivity contribution is 0.229. The second-order valence-electron chi connectivity index (χ2n) is 4.89. The number of anilines is 1. The van der Waals surface area contributed by atoms with Gasteiger partial charge in [0.15, 0.2) is 0 Å². The van der Waals surface area contributed by atoms with E-state index < -0.39 is 0 Å². The summed E-state index contributed by atoms with van der Waals surface area (Å²) in [6, 6.07) is 4.07. The predicted octanol–water partition coefficient (Wildman–Crippen LogP) is 1.76. The second-order valence-corrected chi connectivity index (χ2v) is 4.89. The summed E-state index contributed by atoms with van der Waals surface area (Å²) in [6.45, 7) is 8.41. The summed E-state index contributed by atoms with van der Waals surface area (Å²) < 4.78 is 1.74. The van der Waals surface area contributed by atoms with Crippen molar-refractivity contribution in [3.8, 4) is 0 Å². The van der Waals surface area contributed by atoms with E-state index in [0.29, 0.717) is 6.04 Å². The second kappa shape index (κ2) is 6.05. The topological polar surface area (TPSA) is 37.3 Å². The number of aromatic nitrogens is 1. The average Bonchev–Trinajstić information content (AvgIpc) is 2.42. The molecule has 100 valence electrons. The normalized spacial score (nSPS) is 17.9. The molecule has 1 aliphatic heterocycles. The number of aryl methyl sites for hydroxylation is 1. The number of likely N-dealkylation sites (tertiary alicyclic amines) is 1. The largest absolute Gasteiger partial charge is 0.381 e. The van der Waals surface area contributed by atoms with Crippen LogP contribution in [0.5, 0.6) is 0 Å². The van der Waals surface area contributed by atoms with Crippen LogP contribution in [0, 0.1) is 0 Å². The van der Waals surface area contributed by atoms with Gasteiger partial charge in [0, 0.05) is 37.9 Å². The molecule has 1 saturated heterocycles. The Bertz CT molecular complexity index is 433. The first-order valence-electron chi connectivity index (χ1n) is 6.92. The Hall–Kier alpha value is -1.29. The minimum Gasteiger partial charge on any atom is -0.381 e. The lowest BCUT2D eigenvalue weighted by Gasteiger charge is -2.32. The lowest BCUT2D eigenvalue weighted by Crippen LogP contribution is -2.39. The molecule has 1 fully saturated rings. The maximum absolute atomic E-state index is 11.5. The van der Waals surface area contributed by atoms with Gasteiger partial charge in [0.05, 0.1) is 5.69 Å². The van der Waals surface area contributed by atoms with Crippen molar-refractivity contribution in [3.05, 3.63) is 28.7 Å². The summed E-state index contributed by atoms with van der Waals surface area (Å²) in [5.74, 6) is 0. The van der Waals surface area contributed by atoms with E-state index in [-0.39, 0.29) is 5.56 Å². The Kier molecular flexibility index (Phi) is 4.42. The number of rotatable bonds is 4. The molecule has 1 aromatic heterocycles. The van der Waals surface area contributed by atoms with Gasteiger partial charge in [-0.2, -0.15) is 0 Å². The number of pyridine rings is 1. The summed E-state index contributed by atoms with van der Waals surface area (Å²) in [6.07, 6.45) is 4.28. The molecule has 1 aliphatic rings. The average molecular weight is 249 g/mol. The van der Waals surface area contributed by atoms with Gasteiger partial charge in [-0.1, -0.05) is 6.92 Å². The summed E-state index contributed by atoms with van der Waals surface area (Å²) in [7, 11) is 0. The minimum atomic E-state index is 0.0730. The smallest absolute Gasteiger partial charge is 0.250 e. The van der Waals surface area contributed by atoms with Gasteiger partial charge in [0.25, 0.3) is 5.56 Å². The molecule has 2 rings (SSSR count). The van der Waals surface area contributed by atoms with Crippen molar-refractivity contribution in [3.63, 3.8) is 0 Å². The Balaban J connectivity index is 1.96. The summed E-state index contributed by atoms with van der Waals surface area (Å²) in [5.41, 5.74) is 1.13. The Morgan fingerprint density at radius 2 is 1.94 bits per heavy atom. The van der Waals surface area contributed by atoms with Gasteiger partial charge in [-0.05, 0) is 32.4 Å². The Labute approximate surface area is 109 Å². The van der Waals surface area contributed by atoms with Crippen LogP contribution in [0.2, 0.25) is 0 Å². The number of hydrogen-bond donors (Lipinski definition) is 1. The third-order valence-corrected chi connectivity index (χ3v) is 3.73. The lowest BCUT2D eigenvalue weighted by atomic mass is 10.0. The van der Waals surface area contributed by atoms with Crippen molar-refractivity contribution in [2.24, 2.45) is 0 Å². The third kappa shape index (κ3) is 3.13.